The van der Waals surface area contributed by atoms with Gasteiger partial charge in [-0.3, -0.25) is 9.52 Å². The number of anilines is 1. The van der Waals surface area contributed by atoms with E-state index in [9.17, 15) is 22.0 Å². The van der Waals surface area contributed by atoms with Gasteiger partial charge in [-0.2, -0.15) is 0 Å². The maximum atomic E-state index is 13.4. The van der Waals surface area contributed by atoms with E-state index in [0.717, 1.165) is 11.8 Å². The molecule has 2 aliphatic rings. The fraction of sp³-hybridized carbons (Fsp3) is 0.550. The van der Waals surface area contributed by atoms with E-state index in [2.05, 4.69) is 4.72 Å². The van der Waals surface area contributed by atoms with Crippen molar-refractivity contribution < 1.29 is 26.7 Å². The van der Waals surface area contributed by atoms with Crippen LogP contribution in [-0.4, -0.2) is 44.4 Å². The normalized spacial score (nSPS) is 22.9. The molecular formula is C20H26F2N2O4S. The van der Waals surface area contributed by atoms with Crippen LogP contribution in [0.2, 0.25) is 0 Å². The van der Waals surface area contributed by atoms with Gasteiger partial charge >= 0.3 is 0 Å². The molecule has 0 aromatic heterocycles. The van der Waals surface area contributed by atoms with Gasteiger partial charge in [0.1, 0.15) is 11.8 Å². The zero-order chi connectivity index (χ0) is 21.4. The number of sulfonamides is 1. The van der Waals surface area contributed by atoms with E-state index in [4.69, 9.17) is 4.74 Å². The molecule has 1 unspecified atom stereocenters. The van der Waals surface area contributed by atoms with Crippen molar-refractivity contribution in [3.63, 3.8) is 0 Å². The Morgan fingerprint density at radius 3 is 2.48 bits per heavy atom. The van der Waals surface area contributed by atoms with E-state index in [-0.39, 0.29) is 44.0 Å². The van der Waals surface area contributed by atoms with Crippen molar-refractivity contribution in [1.29, 1.82) is 0 Å². The van der Waals surface area contributed by atoms with Crippen LogP contribution in [0.3, 0.4) is 0 Å². The number of ether oxygens (including phenoxy) is 1. The highest BCUT2D eigenvalue weighted by Gasteiger charge is 2.36. The largest absolute Gasteiger partial charge is 0.490 e. The third-order valence-corrected chi connectivity index (χ3v) is 5.76. The van der Waals surface area contributed by atoms with Crippen LogP contribution in [0.15, 0.2) is 30.0 Å². The monoisotopic (exact) mass is 428 g/mol. The molecule has 1 fully saturated rings. The van der Waals surface area contributed by atoms with Crippen molar-refractivity contribution >= 4 is 21.5 Å². The number of allylic oxidation sites excluding steroid dienone is 1. The Kier molecular flexibility index (Phi) is 5.89. The van der Waals surface area contributed by atoms with Gasteiger partial charge in [-0.05, 0) is 49.7 Å². The Balaban J connectivity index is 1.91. The molecule has 1 atom stereocenters. The highest BCUT2D eigenvalue weighted by atomic mass is 32.2. The zero-order valence-corrected chi connectivity index (χ0v) is 17.6. The molecule has 1 aromatic rings. The van der Waals surface area contributed by atoms with Gasteiger partial charge in [-0.1, -0.05) is 0 Å². The van der Waals surface area contributed by atoms with E-state index < -0.39 is 22.0 Å². The van der Waals surface area contributed by atoms with Gasteiger partial charge in [-0.15, -0.1) is 0 Å². The molecule has 3 rings (SSSR count). The minimum absolute atomic E-state index is 0.0569. The van der Waals surface area contributed by atoms with Gasteiger partial charge in [0.05, 0.1) is 18.0 Å². The Hall–Kier alpha value is -2.16. The van der Waals surface area contributed by atoms with Crippen LogP contribution >= 0.6 is 0 Å². The average molecular weight is 429 g/mol. The highest BCUT2D eigenvalue weighted by molar-refractivity contribution is 7.92. The first-order chi connectivity index (χ1) is 13.4. The summed E-state index contributed by atoms with van der Waals surface area (Å²) in [6.07, 6.45) is 2.89. The predicted octanol–water partition coefficient (Wildman–Crippen LogP) is 3.86. The Bertz CT molecular complexity index is 920. The molecule has 0 saturated heterocycles. The lowest BCUT2D eigenvalue weighted by atomic mass is 9.92. The molecule has 1 aliphatic heterocycles. The highest BCUT2D eigenvalue weighted by Crippen LogP contribution is 2.38. The summed E-state index contributed by atoms with van der Waals surface area (Å²) in [5.41, 5.74) is 1.69. The predicted molar refractivity (Wildman–Crippen MR) is 107 cm³/mol. The summed E-state index contributed by atoms with van der Waals surface area (Å²) in [6.45, 7) is 1.86. The van der Waals surface area contributed by atoms with Crippen molar-refractivity contribution in [2.24, 2.45) is 0 Å². The van der Waals surface area contributed by atoms with E-state index in [1.54, 1.807) is 30.1 Å². The van der Waals surface area contributed by atoms with Gasteiger partial charge in [0.2, 0.25) is 15.9 Å². The van der Waals surface area contributed by atoms with E-state index in [1.165, 1.54) is 0 Å². The van der Waals surface area contributed by atoms with Crippen LogP contribution in [0.4, 0.5) is 14.5 Å². The van der Waals surface area contributed by atoms with Crippen LogP contribution in [0, 0.1) is 0 Å². The standard InChI is InChI=1S/C20H26F2N2O4S/c1-13-10-18(25)19(24(2)12-13)16-11-15(4-5-17(16)23-29(3,26)27)28-14-6-8-20(21,22)9-7-14/h4-5,11-12,14,19,23H,6-10H2,1-3H3. The van der Waals surface area contributed by atoms with E-state index in [1.807, 2.05) is 13.1 Å². The number of halogens is 2. The van der Waals surface area contributed by atoms with E-state index in [0.29, 0.717) is 17.0 Å². The van der Waals surface area contributed by atoms with Crippen LogP contribution in [0.5, 0.6) is 5.75 Å². The molecule has 1 aromatic carbocycles. The molecule has 0 spiro atoms. The summed E-state index contributed by atoms with van der Waals surface area (Å²) in [5, 5.41) is 0. The molecule has 160 valence electrons. The number of carbonyl (C=O) groups is 1. The average Bonchev–Trinajstić information content (AvgIpc) is 2.57. The summed E-state index contributed by atoms with van der Waals surface area (Å²) in [6, 6.07) is 4.11. The summed E-state index contributed by atoms with van der Waals surface area (Å²) >= 11 is 0. The number of rotatable bonds is 5. The fourth-order valence-electron chi connectivity index (χ4n) is 3.92. The van der Waals surface area contributed by atoms with Crippen LogP contribution in [0.25, 0.3) is 0 Å². The molecule has 29 heavy (non-hydrogen) atoms. The quantitative estimate of drug-likeness (QED) is 0.771. The SMILES string of the molecule is CC1=CN(C)C(c2cc(OC3CCC(F)(F)CC3)ccc2NS(C)(=O)=O)C(=O)C1. The topological polar surface area (TPSA) is 75.7 Å². The molecule has 1 aliphatic carbocycles. The van der Waals surface area contributed by atoms with Crippen LogP contribution < -0.4 is 9.46 Å². The van der Waals surface area contributed by atoms with Gasteiger partial charge in [0, 0.05) is 31.9 Å². The lowest BCUT2D eigenvalue weighted by Gasteiger charge is -2.33. The molecule has 1 heterocycles. The molecule has 0 amide bonds. The lowest BCUT2D eigenvalue weighted by molar-refractivity contribution is -0.123. The van der Waals surface area contributed by atoms with Crippen LogP contribution in [-0.2, 0) is 14.8 Å². The number of likely N-dealkylation sites (N-methyl/N-ethyl adjacent to an activating group) is 1. The van der Waals surface area contributed by atoms with Crippen molar-refractivity contribution in [3.05, 3.63) is 35.5 Å². The Morgan fingerprint density at radius 2 is 1.90 bits per heavy atom. The summed E-state index contributed by atoms with van der Waals surface area (Å²) < 4.78 is 58.7. The van der Waals surface area contributed by atoms with Gasteiger partial charge < -0.3 is 9.64 Å². The number of benzene rings is 1. The van der Waals surface area contributed by atoms with Gasteiger partial charge in [-0.25, -0.2) is 17.2 Å². The second kappa shape index (κ2) is 7.93. The Morgan fingerprint density at radius 1 is 1.24 bits per heavy atom. The summed E-state index contributed by atoms with van der Waals surface area (Å²) in [5.74, 6) is -2.27. The first kappa shape index (κ1) is 21.5. The second-order valence-electron chi connectivity index (χ2n) is 7.98. The summed E-state index contributed by atoms with van der Waals surface area (Å²) in [7, 11) is -1.80. The Labute approximate surface area is 170 Å². The third kappa shape index (κ3) is 5.46. The fourth-order valence-corrected chi connectivity index (χ4v) is 4.50. The van der Waals surface area contributed by atoms with Gasteiger partial charge in [0.25, 0.3) is 0 Å². The number of Topliss-reactive ketones (excluding diaryl/α,β-unsaturated/α-hetero) is 1. The third-order valence-electron chi connectivity index (χ3n) is 5.17. The molecule has 6 nitrogen and oxygen atoms in total. The maximum absolute atomic E-state index is 13.4. The van der Waals surface area contributed by atoms with Crippen molar-refractivity contribution in [2.45, 2.75) is 57.1 Å². The number of hydrogen-bond donors (Lipinski definition) is 1. The smallest absolute Gasteiger partial charge is 0.248 e. The lowest BCUT2D eigenvalue weighted by Crippen LogP contribution is -2.32. The van der Waals surface area contributed by atoms with Crippen molar-refractivity contribution in [2.75, 3.05) is 18.0 Å². The number of alkyl halides is 2. The number of hydrogen-bond acceptors (Lipinski definition) is 5. The van der Waals surface area contributed by atoms with E-state index >= 15 is 0 Å². The molecule has 1 N–H and O–H groups in total. The zero-order valence-electron chi connectivity index (χ0n) is 16.7. The number of nitrogens with zero attached hydrogens (tertiary/aromatic N) is 1. The molecule has 9 heteroatoms. The maximum Gasteiger partial charge on any atom is 0.248 e. The first-order valence-electron chi connectivity index (χ1n) is 9.52. The summed E-state index contributed by atoms with van der Waals surface area (Å²) in [4.78, 5) is 14.5. The molecular weight excluding hydrogens is 402 g/mol. The van der Waals surface area contributed by atoms with Gasteiger partial charge in [0.15, 0.2) is 5.78 Å². The minimum Gasteiger partial charge on any atom is -0.490 e. The number of ketones is 1. The first-order valence-corrected chi connectivity index (χ1v) is 11.4. The number of nitrogens with one attached hydrogen (secondary N) is 1. The molecule has 0 radical (unpaired) electrons. The molecule has 0 bridgehead atoms. The van der Waals surface area contributed by atoms with Crippen molar-refractivity contribution in [1.82, 2.24) is 4.90 Å². The second-order valence-corrected chi connectivity index (χ2v) is 9.73. The molecule has 1 saturated carbocycles. The number of carbonyl (C=O) groups excluding carboxylic acids is 1. The van der Waals surface area contributed by atoms with Crippen molar-refractivity contribution in [3.8, 4) is 5.75 Å². The minimum atomic E-state index is -3.56. The van der Waals surface area contributed by atoms with Crippen LogP contribution in [0.1, 0.15) is 50.6 Å².